The van der Waals surface area contributed by atoms with E-state index in [0.717, 1.165) is 18.5 Å². The van der Waals surface area contributed by atoms with Crippen LogP contribution in [-0.4, -0.2) is 24.9 Å². The van der Waals surface area contributed by atoms with Crippen LogP contribution >= 0.6 is 0 Å². The second-order valence-electron chi connectivity index (χ2n) is 6.60. The summed E-state index contributed by atoms with van der Waals surface area (Å²) in [5.74, 6) is -0.781. The van der Waals surface area contributed by atoms with Crippen molar-refractivity contribution in [3.63, 3.8) is 0 Å². The summed E-state index contributed by atoms with van der Waals surface area (Å²) in [5, 5.41) is 0. The normalized spacial score (nSPS) is 19.9. The topological polar surface area (TPSA) is 40.6 Å². The number of nitrogens with zero attached hydrogens (tertiary/aromatic N) is 2. The lowest BCUT2D eigenvalue weighted by molar-refractivity contribution is -0.124. The number of hydrogen-bond acceptors (Lipinski definition) is 2. The minimum atomic E-state index is -0.358. The Balaban J connectivity index is 1.54. The lowest BCUT2D eigenvalue weighted by atomic mass is 9.99. The van der Waals surface area contributed by atoms with Gasteiger partial charge in [-0.3, -0.25) is 9.59 Å². The zero-order valence-corrected chi connectivity index (χ0v) is 13.8. The molecule has 1 fully saturated rings. The molecule has 1 atom stereocenters. The third kappa shape index (κ3) is 2.90. The Labute approximate surface area is 145 Å². The van der Waals surface area contributed by atoms with E-state index in [9.17, 15) is 14.0 Å². The second-order valence-corrected chi connectivity index (χ2v) is 6.60. The Morgan fingerprint density at radius 1 is 1.08 bits per heavy atom. The van der Waals surface area contributed by atoms with Crippen LogP contribution < -0.4 is 9.80 Å². The van der Waals surface area contributed by atoms with Gasteiger partial charge in [-0.25, -0.2) is 4.39 Å². The van der Waals surface area contributed by atoms with Crippen LogP contribution in [0.1, 0.15) is 18.4 Å². The number of carbonyl (C=O) groups excluding carboxylic acids is 2. The number of hydrogen-bond donors (Lipinski definition) is 0. The van der Waals surface area contributed by atoms with Gasteiger partial charge in [-0.05, 0) is 48.7 Å². The summed E-state index contributed by atoms with van der Waals surface area (Å²) in [5.41, 5.74) is 2.79. The molecule has 4 nitrogen and oxygen atoms in total. The molecule has 5 heteroatoms. The summed E-state index contributed by atoms with van der Waals surface area (Å²) in [6.07, 6.45) is 2.12. The monoisotopic (exact) mass is 338 g/mol. The first kappa shape index (κ1) is 15.8. The molecule has 2 aromatic carbocycles. The number of amides is 2. The maximum absolute atomic E-state index is 13.1. The second kappa shape index (κ2) is 6.31. The molecule has 1 saturated heterocycles. The Morgan fingerprint density at radius 2 is 1.84 bits per heavy atom. The molecule has 0 N–H and O–H groups in total. The summed E-state index contributed by atoms with van der Waals surface area (Å²) >= 11 is 0. The van der Waals surface area contributed by atoms with E-state index in [2.05, 4.69) is 6.07 Å². The first-order valence-corrected chi connectivity index (χ1v) is 8.59. The van der Waals surface area contributed by atoms with Crippen molar-refractivity contribution in [3.8, 4) is 0 Å². The van der Waals surface area contributed by atoms with Crippen LogP contribution in [0, 0.1) is 11.7 Å². The molecule has 0 bridgehead atoms. The Kier molecular flexibility index (Phi) is 3.99. The van der Waals surface area contributed by atoms with E-state index in [1.165, 1.54) is 17.7 Å². The molecule has 0 radical (unpaired) electrons. The molecule has 0 aromatic heterocycles. The summed E-state index contributed by atoms with van der Waals surface area (Å²) in [7, 11) is 0. The molecular formula is C20H19FN2O2. The summed E-state index contributed by atoms with van der Waals surface area (Å²) in [6.45, 7) is 1.04. The van der Waals surface area contributed by atoms with Crippen LogP contribution in [0.15, 0.2) is 48.5 Å². The molecule has 2 amide bonds. The van der Waals surface area contributed by atoms with Crippen LogP contribution in [0.4, 0.5) is 15.8 Å². The number of halogens is 1. The van der Waals surface area contributed by atoms with E-state index in [1.807, 2.05) is 23.1 Å². The van der Waals surface area contributed by atoms with Gasteiger partial charge < -0.3 is 9.80 Å². The number of anilines is 2. The fourth-order valence-electron chi connectivity index (χ4n) is 3.73. The number of benzene rings is 2. The van der Waals surface area contributed by atoms with Gasteiger partial charge in [0.05, 0.1) is 5.92 Å². The number of aryl methyl sites for hydroxylation is 1. The lowest BCUT2D eigenvalue weighted by Gasteiger charge is -2.31. The van der Waals surface area contributed by atoms with Gasteiger partial charge in [-0.1, -0.05) is 18.2 Å². The van der Waals surface area contributed by atoms with Gasteiger partial charge in [0, 0.05) is 30.9 Å². The van der Waals surface area contributed by atoms with Crippen LogP contribution in [0.2, 0.25) is 0 Å². The number of rotatable bonds is 2. The van der Waals surface area contributed by atoms with Crippen molar-refractivity contribution in [2.45, 2.75) is 19.3 Å². The molecule has 128 valence electrons. The summed E-state index contributed by atoms with van der Waals surface area (Å²) in [6, 6.07) is 13.8. The summed E-state index contributed by atoms with van der Waals surface area (Å²) in [4.78, 5) is 28.8. The van der Waals surface area contributed by atoms with Gasteiger partial charge in [0.25, 0.3) is 0 Å². The zero-order chi connectivity index (χ0) is 17.4. The molecule has 2 aliphatic heterocycles. The van der Waals surface area contributed by atoms with E-state index in [4.69, 9.17) is 0 Å². The van der Waals surface area contributed by atoms with E-state index < -0.39 is 0 Å². The SMILES string of the molecule is O=C1C[C@@H](C(=O)N2CCCc3ccccc32)CN1c1ccc(F)cc1. The molecule has 25 heavy (non-hydrogen) atoms. The number of para-hydroxylation sites is 1. The van der Waals surface area contributed by atoms with Crippen molar-refractivity contribution >= 4 is 23.2 Å². The van der Waals surface area contributed by atoms with Crippen molar-refractivity contribution in [1.29, 1.82) is 0 Å². The van der Waals surface area contributed by atoms with E-state index in [0.29, 0.717) is 18.8 Å². The predicted octanol–water partition coefficient (Wildman–Crippen LogP) is 3.16. The first-order chi connectivity index (χ1) is 12.1. The maximum atomic E-state index is 13.1. The fraction of sp³-hybridized carbons (Fsp3) is 0.300. The first-order valence-electron chi connectivity index (χ1n) is 8.59. The van der Waals surface area contributed by atoms with Crippen LogP contribution in [0.25, 0.3) is 0 Å². The van der Waals surface area contributed by atoms with Gasteiger partial charge in [-0.15, -0.1) is 0 Å². The molecular weight excluding hydrogens is 319 g/mol. The number of carbonyl (C=O) groups is 2. The van der Waals surface area contributed by atoms with Crippen molar-refractivity contribution in [2.75, 3.05) is 22.9 Å². The van der Waals surface area contributed by atoms with E-state index in [1.54, 1.807) is 17.0 Å². The molecule has 0 aliphatic carbocycles. The predicted molar refractivity (Wildman–Crippen MR) is 94.0 cm³/mol. The average Bonchev–Trinajstić information content (AvgIpc) is 3.03. The fourth-order valence-corrected chi connectivity index (χ4v) is 3.73. The van der Waals surface area contributed by atoms with Crippen molar-refractivity contribution < 1.29 is 14.0 Å². The Morgan fingerprint density at radius 3 is 2.64 bits per heavy atom. The third-order valence-corrected chi connectivity index (χ3v) is 4.99. The van der Waals surface area contributed by atoms with Crippen molar-refractivity contribution in [2.24, 2.45) is 5.92 Å². The average molecular weight is 338 g/mol. The molecule has 0 saturated carbocycles. The quantitative estimate of drug-likeness (QED) is 0.844. The van der Waals surface area contributed by atoms with Crippen LogP contribution in [0.3, 0.4) is 0 Å². The van der Waals surface area contributed by atoms with Gasteiger partial charge in [-0.2, -0.15) is 0 Å². The van der Waals surface area contributed by atoms with E-state index in [-0.39, 0.29) is 30.0 Å². The highest BCUT2D eigenvalue weighted by Crippen LogP contribution is 2.31. The van der Waals surface area contributed by atoms with Gasteiger partial charge >= 0.3 is 0 Å². The molecule has 2 aromatic rings. The Hall–Kier alpha value is -2.69. The van der Waals surface area contributed by atoms with Crippen molar-refractivity contribution in [3.05, 3.63) is 59.9 Å². The standard InChI is InChI=1S/C20H19FN2O2/c21-16-7-9-17(10-8-16)23-13-15(12-19(23)24)20(25)22-11-3-5-14-4-1-2-6-18(14)22/h1-2,4,6-10,15H,3,5,11-13H2/t15-/m1/s1. The number of fused-ring (bicyclic) bond motifs is 1. The molecule has 4 rings (SSSR count). The van der Waals surface area contributed by atoms with Crippen molar-refractivity contribution in [1.82, 2.24) is 0 Å². The molecule has 0 spiro atoms. The van der Waals surface area contributed by atoms with Gasteiger partial charge in [0.2, 0.25) is 11.8 Å². The third-order valence-electron chi connectivity index (χ3n) is 4.99. The van der Waals surface area contributed by atoms with Crippen LogP contribution in [0.5, 0.6) is 0 Å². The van der Waals surface area contributed by atoms with Gasteiger partial charge in [0.15, 0.2) is 0 Å². The molecule has 0 unspecified atom stereocenters. The minimum Gasteiger partial charge on any atom is -0.312 e. The maximum Gasteiger partial charge on any atom is 0.232 e. The van der Waals surface area contributed by atoms with Crippen LogP contribution in [-0.2, 0) is 16.0 Å². The minimum absolute atomic E-state index is 0.00473. The molecule has 2 heterocycles. The highest BCUT2D eigenvalue weighted by atomic mass is 19.1. The van der Waals surface area contributed by atoms with E-state index >= 15 is 0 Å². The lowest BCUT2D eigenvalue weighted by Crippen LogP contribution is -2.40. The molecule has 2 aliphatic rings. The summed E-state index contributed by atoms with van der Waals surface area (Å²) < 4.78 is 13.1. The smallest absolute Gasteiger partial charge is 0.232 e. The zero-order valence-electron chi connectivity index (χ0n) is 13.8. The highest BCUT2D eigenvalue weighted by molar-refractivity contribution is 6.04. The highest BCUT2D eigenvalue weighted by Gasteiger charge is 2.38. The largest absolute Gasteiger partial charge is 0.312 e. The van der Waals surface area contributed by atoms with Gasteiger partial charge in [0.1, 0.15) is 5.82 Å². The Bertz CT molecular complexity index is 819.